The van der Waals surface area contributed by atoms with Gasteiger partial charge in [-0.1, -0.05) is 6.07 Å². The molecule has 1 amide bonds. The van der Waals surface area contributed by atoms with Crippen molar-refractivity contribution in [2.75, 3.05) is 23.5 Å². The zero-order valence-corrected chi connectivity index (χ0v) is 11.1. The molecular formula is C13H14N2O3S. The second-order valence-corrected chi connectivity index (χ2v) is 5.68. The van der Waals surface area contributed by atoms with Crippen molar-refractivity contribution in [1.82, 2.24) is 4.90 Å². The van der Waals surface area contributed by atoms with Crippen LogP contribution in [-0.4, -0.2) is 46.1 Å². The molecule has 3 rings (SSSR count). The maximum absolute atomic E-state index is 12.4. The highest BCUT2D eigenvalue weighted by Crippen LogP contribution is 2.27. The number of carboxylic acid groups (broad SMARTS) is 1. The number of carbonyl (C=O) groups excluding carboxylic acids is 1. The number of aliphatic carboxylic acids is 1. The molecule has 100 valence electrons. The maximum Gasteiger partial charge on any atom is 0.327 e. The van der Waals surface area contributed by atoms with Crippen LogP contribution in [0.15, 0.2) is 18.2 Å². The largest absolute Gasteiger partial charge is 0.480 e. The summed E-state index contributed by atoms with van der Waals surface area (Å²) in [5.41, 5.74) is 2.76. The summed E-state index contributed by atoms with van der Waals surface area (Å²) in [4.78, 5) is 24.9. The van der Waals surface area contributed by atoms with E-state index >= 15 is 0 Å². The Morgan fingerprint density at radius 2 is 2.26 bits per heavy atom. The number of fused-ring (bicyclic) bond motifs is 1. The molecule has 19 heavy (non-hydrogen) atoms. The Morgan fingerprint density at radius 1 is 1.42 bits per heavy atom. The predicted molar refractivity (Wildman–Crippen MR) is 73.6 cm³/mol. The van der Waals surface area contributed by atoms with Crippen LogP contribution in [0.1, 0.15) is 15.9 Å². The number of benzene rings is 1. The van der Waals surface area contributed by atoms with Crippen molar-refractivity contribution in [1.29, 1.82) is 0 Å². The third kappa shape index (κ3) is 2.16. The smallest absolute Gasteiger partial charge is 0.327 e. The minimum atomic E-state index is -0.933. The van der Waals surface area contributed by atoms with E-state index in [0.717, 1.165) is 18.7 Å². The molecule has 6 heteroatoms. The average molecular weight is 278 g/mol. The number of amides is 1. The Balaban J connectivity index is 1.85. The maximum atomic E-state index is 12.4. The molecule has 2 aliphatic rings. The second kappa shape index (κ2) is 4.77. The lowest BCUT2D eigenvalue weighted by Crippen LogP contribution is -2.41. The van der Waals surface area contributed by atoms with Gasteiger partial charge in [-0.05, 0) is 24.1 Å². The number of carboxylic acids is 1. The topological polar surface area (TPSA) is 69.6 Å². The molecule has 1 saturated heterocycles. The Kier molecular flexibility index (Phi) is 3.10. The number of nitrogens with one attached hydrogen (secondary N) is 1. The van der Waals surface area contributed by atoms with Crippen molar-refractivity contribution in [3.05, 3.63) is 29.3 Å². The van der Waals surface area contributed by atoms with Gasteiger partial charge in [-0.2, -0.15) is 0 Å². The first-order chi connectivity index (χ1) is 9.16. The number of hydrogen-bond donors (Lipinski definition) is 2. The summed E-state index contributed by atoms with van der Waals surface area (Å²) in [6.07, 6.45) is 0.973. The van der Waals surface area contributed by atoms with Crippen molar-refractivity contribution < 1.29 is 14.7 Å². The quantitative estimate of drug-likeness (QED) is 0.852. The molecule has 1 aromatic carbocycles. The zero-order chi connectivity index (χ0) is 13.4. The molecule has 0 unspecified atom stereocenters. The summed E-state index contributed by atoms with van der Waals surface area (Å²) in [6.45, 7) is 0.893. The molecule has 2 aliphatic heterocycles. The first-order valence-electron chi connectivity index (χ1n) is 6.15. The third-order valence-electron chi connectivity index (χ3n) is 3.49. The lowest BCUT2D eigenvalue weighted by molar-refractivity contribution is -0.140. The van der Waals surface area contributed by atoms with Crippen molar-refractivity contribution in [3.8, 4) is 0 Å². The molecule has 1 aromatic rings. The average Bonchev–Trinajstić information content (AvgIpc) is 3.05. The molecule has 2 N–H and O–H groups in total. The van der Waals surface area contributed by atoms with Gasteiger partial charge in [-0.3, -0.25) is 4.79 Å². The highest BCUT2D eigenvalue weighted by molar-refractivity contribution is 7.99. The number of rotatable bonds is 2. The van der Waals surface area contributed by atoms with E-state index in [9.17, 15) is 9.59 Å². The normalized spacial score (nSPS) is 21.1. The van der Waals surface area contributed by atoms with E-state index in [1.807, 2.05) is 12.1 Å². The van der Waals surface area contributed by atoms with Crippen LogP contribution in [0.3, 0.4) is 0 Å². The predicted octanol–water partition coefficient (Wildman–Crippen LogP) is 1.25. The monoisotopic (exact) mass is 278 g/mol. The van der Waals surface area contributed by atoms with Crippen LogP contribution >= 0.6 is 11.8 Å². The van der Waals surface area contributed by atoms with Gasteiger partial charge in [0.2, 0.25) is 0 Å². The van der Waals surface area contributed by atoms with Crippen molar-refractivity contribution in [2.24, 2.45) is 0 Å². The van der Waals surface area contributed by atoms with E-state index in [-0.39, 0.29) is 5.91 Å². The van der Waals surface area contributed by atoms with E-state index in [0.29, 0.717) is 17.2 Å². The minimum absolute atomic E-state index is 0.200. The molecule has 0 radical (unpaired) electrons. The molecule has 0 aliphatic carbocycles. The lowest BCUT2D eigenvalue weighted by atomic mass is 10.1. The van der Waals surface area contributed by atoms with Crippen LogP contribution in [0, 0.1) is 0 Å². The van der Waals surface area contributed by atoms with Crippen molar-refractivity contribution >= 4 is 29.3 Å². The Labute approximate surface area is 115 Å². The summed E-state index contributed by atoms with van der Waals surface area (Å²) in [7, 11) is 0. The fourth-order valence-corrected chi connectivity index (χ4v) is 3.58. The van der Waals surface area contributed by atoms with E-state index in [4.69, 9.17) is 5.11 Å². The van der Waals surface area contributed by atoms with Crippen LogP contribution in [0.2, 0.25) is 0 Å². The van der Waals surface area contributed by atoms with Crippen LogP contribution < -0.4 is 5.32 Å². The molecule has 1 fully saturated rings. The van der Waals surface area contributed by atoms with Crippen LogP contribution in [0.25, 0.3) is 0 Å². The number of carbonyl (C=O) groups is 2. The Hall–Kier alpha value is -1.69. The SMILES string of the molecule is O=C(O)[C@@H]1CSCN1C(=O)c1ccc2c(c1)NCC2. The molecule has 0 saturated carbocycles. The van der Waals surface area contributed by atoms with Crippen LogP contribution in [0.4, 0.5) is 5.69 Å². The van der Waals surface area contributed by atoms with Gasteiger partial charge in [0, 0.05) is 23.5 Å². The third-order valence-corrected chi connectivity index (χ3v) is 4.51. The molecule has 2 heterocycles. The van der Waals surface area contributed by atoms with Gasteiger partial charge in [0.05, 0.1) is 5.88 Å². The highest BCUT2D eigenvalue weighted by Gasteiger charge is 2.35. The number of anilines is 1. The minimum Gasteiger partial charge on any atom is -0.480 e. The van der Waals surface area contributed by atoms with Gasteiger partial charge in [0.1, 0.15) is 6.04 Å². The fraction of sp³-hybridized carbons (Fsp3) is 0.385. The first-order valence-corrected chi connectivity index (χ1v) is 7.30. The van der Waals surface area contributed by atoms with E-state index in [2.05, 4.69) is 5.32 Å². The van der Waals surface area contributed by atoms with Crippen LogP contribution in [-0.2, 0) is 11.2 Å². The molecular weight excluding hydrogens is 264 g/mol. The molecule has 0 spiro atoms. The van der Waals surface area contributed by atoms with Gasteiger partial charge in [0.25, 0.3) is 5.91 Å². The Bertz CT molecular complexity index is 547. The van der Waals surface area contributed by atoms with Gasteiger partial charge < -0.3 is 15.3 Å². The second-order valence-electron chi connectivity index (χ2n) is 4.68. The zero-order valence-electron chi connectivity index (χ0n) is 10.3. The van der Waals surface area contributed by atoms with E-state index in [1.54, 1.807) is 6.07 Å². The first kappa shape index (κ1) is 12.3. The summed E-state index contributed by atoms with van der Waals surface area (Å²) < 4.78 is 0. The fourth-order valence-electron chi connectivity index (χ4n) is 2.44. The van der Waals surface area contributed by atoms with Gasteiger partial charge in [-0.25, -0.2) is 4.79 Å². The van der Waals surface area contributed by atoms with Gasteiger partial charge >= 0.3 is 5.97 Å². The summed E-state index contributed by atoms with van der Waals surface area (Å²) in [5, 5.41) is 12.3. The van der Waals surface area contributed by atoms with Crippen molar-refractivity contribution in [2.45, 2.75) is 12.5 Å². The summed E-state index contributed by atoms with van der Waals surface area (Å²) >= 11 is 1.48. The van der Waals surface area contributed by atoms with Gasteiger partial charge in [-0.15, -0.1) is 11.8 Å². The highest BCUT2D eigenvalue weighted by atomic mass is 32.2. The molecule has 0 bridgehead atoms. The lowest BCUT2D eigenvalue weighted by Gasteiger charge is -2.20. The van der Waals surface area contributed by atoms with Gasteiger partial charge in [0.15, 0.2) is 0 Å². The Morgan fingerprint density at radius 3 is 3.05 bits per heavy atom. The molecule has 0 aromatic heterocycles. The molecule has 5 nitrogen and oxygen atoms in total. The number of hydrogen-bond acceptors (Lipinski definition) is 4. The standard InChI is InChI=1S/C13H14N2O3S/c16-12(15-7-19-6-11(15)13(17)18)9-2-1-8-3-4-14-10(8)5-9/h1-2,5,11,14H,3-4,6-7H2,(H,17,18)/t11-/m0/s1. The molecule has 1 atom stereocenters. The van der Waals surface area contributed by atoms with Crippen LogP contribution in [0.5, 0.6) is 0 Å². The number of nitrogens with zero attached hydrogens (tertiary/aromatic N) is 1. The van der Waals surface area contributed by atoms with E-state index < -0.39 is 12.0 Å². The van der Waals surface area contributed by atoms with E-state index in [1.165, 1.54) is 22.2 Å². The summed E-state index contributed by atoms with van der Waals surface area (Å²) in [5.74, 6) is -0.226. The van der Waals surface area contributed by atoms with Crippen molar-refractivity contribution in [3.63, 3.8) is 0 Å². The summed E-state index contributed by atoms with van der Waals surface area (Å²) in [6, 6.07) is 4.85. The number of thioether (sulfide) groups is 1.